The Balaban J connectivity index is 1.84. The summed E-state index contributed by atoms with van der Waals surface area (Å²) >= 11 is 0. The molecular formula is C18H25NO. The normalized spacial score (nSPS) is 21.9. The Bertz CT molecular complexity index is 462. The highest BCUT2D eigenvalue weighted by Gasteiger charge is 2.34. The van der Waals surface area contributed by atoms with Crippen molar-refractivity contribution in [1.29, 1.82) is 0 Å². The van der Waals surface area contributed by atoms with Crippen molar-refractivity contribution in [3.05, 3.63) is 29.8 Å². The third kappa shape index (κ3) is 2.74. The van der Waals surface area contributed by atoms with Crippen LogP contribution in [0.4, 0.5) is 5.69 Å². The van der Waals surface area contributed by atoms with Crippen LogP contribution in [-0.2, 0) is 11.2 Å². The van der Waals surface area contributed by atoms with Gasteiger partial charge in [0.2, 0.25) is 0 Å². The number of para-hydroxylation sites is 1. The molecule has 2 aliphatic rings. The lowest BCUT2D eigenvalue weighted by Crippen LogP contribution is -2.41. The fourth-order valence-electron chi connectivity index (χ4n) is 3.88. The van der Waals surface area contributed by atoms with Crippen LogP contribution in [0.3, 0.4) is 0 Å². The third-order valence-corrected chi connectivity index (χ3v) is 5.06. The summed E-state index contributed by atoms with van der Waals surface area (Å²) in [5.74, 6) is 0. The van der Waals surface area contributed by atoms with Crippen molar-refractivity contribution >= 4 is 12.0 Å². The lowest BCUT2D eigenvalue weighted by molar-refractivity contribution is -0.117. The first-order valence-electron chi connectivity index (χ1n) is 8.12. The van der Waals surface area contributed by atoms with Gasteiger partial charge < -0.3 is 9.69 Å². The van der Waals surface area contributed by atoms with Gasteiger partial charge in [0.1, 0.15) is 6.29 Å². The minimum atomic E-state index is -0.0876. The predicted octanol–water partition coefficient (Wildman–Crippen LogP) is 3.98. The molecule has 2 nitrogen and oxygen atoms in total. The fraction of sp³-hybridized carbons (Fsp3) is 0.611. The number of aryl methyl sites for hydroxylation is 1. The number of hydrogen-bond donors (Lipinski definition) is 0. The molecule has 0 spiro atoms. The smallest absolute Gasteiger partial charge is 0.127 e. The van der Waals surface area contributed by atoms with Crippen LogP contribution in [0.25, 0.3) is 0 Å². The van der Waals surface area contributed by atoms with E-state index in [4.69, 9.17) is 0 Å². The molecule has 1 aliphatic heterocycles. The summed E-state index contributed by atoms with van der Waals surface area (Å²) in [5.41, 5.74) is 2.74. The molecular weight excluding hydrogens is 246 g/mol. The van der Waals surface area contributed by atoms with Crippen LogP contribution in [0.2, 0.25) is 0 Å². The summed E-state index contributed by atoms with van der Waals surface area (Å²) < 4.78 is 0. The van der Waals surface area contributed by atoms with Gasteiger partial charge in [-0.1, -0.05) is 37.5 Å². The van der Waals surface area contributed by atoms with Gasteiger partial charge in [-0.3, -0.25) is 0 Å². The maximum atomic E-state index is 11.7. The second-order valence-electron chi connectivity index (χ2n) is 6.55. The maximum absolute atomic E-state index is 11.7. The zero-order chi connectivity index (χ0) is 13.8. The Labute approximate surface area is 122 Å². The average molecular weight is 271 g/mol. The Kier molecular flexibility index (Phi) is 4.09. The van der Waals surface area contributed by atoms with Crippen molar-refractivity contribution in [2.24, 2.45) is 5.41 Å². The molecule has 0 aromatic heterocycles. The molecule has 108 valence electrons. The van der Waals surface area contributed by atoms with E-state index in [-0.39, 0.29) is 5.41 Å². The molecule has 3 rings (SSSR count). The van der Waals surface area contributed by atoms with Crippen LogP contribution in [-0.4, -0.2) is 19.4 Å². The molecule has 20 heavy (non-hydrogen) atoms. The second-order valence-corrected chi connectivity index (χ2v) is 6.55. The topological polar surface area (TPSA) is 20.3 Å². The highest BCUT2D eigenvalue weighted by atomic mass is 16.1. The van der Waals surface area contributed by atoms with Crippen LogP contribution in [0.15, 0.2) is 24.3 Å². The van der Waals surface area contributed by atoms with Crippen molar-refractivity contribution in [2.75, 3.05) is 18.0 Å². The molecule has 1 fully saturated rings. The quantitative estimate of drug-likeness (QED) is 0.775. The molecule has 0 radical (unpaired) electrons. The summed E-state index contributed by atoms with van der Waals surface area (Å²) in [5, 5.41) is 0. The van der Waals surface area contributed by atoms with E-state index in [0.717, 1.165) is 25.9 Å². The Morgan fingerprint density at radius 1 is 1.05 bits per heavy atom. The van der Waals surface area contributed by atoms with E-state index in [0.29, 0.717) is 0 Å². The number of fused-ring (bicyclic) bond motifs is 1. The fourth-order valence-corrected chi connectivity index (χ4v) is 3.88. The van der Waals surface area contributed by atoms with Crippen LogP contribution < -0.4 is 4.90 Å². The maximum Gasteiger partial charge on any atom is 0.127 e. The van der Waals surface area contributed by atoms with Crippen molar-refractivity contribution in [3.8, 4) is 0 Å². The van der Waals surface area contributed by atoms with E-state index in [2.05, 4.69) is 29.2 Å². The zero-order valence-corrected chi connectivity index (χ0v) is 12.3. The molecule has 2 heteroatoms. The van der Waals surface area contributed by atoms with Gasteiger partial charge in [-0.25, -0.2) is 0 Å². The van der Waals surface area contributed by atoms with Gasteiger partial charge in [-0.05, 0) is 43.7 Å². The van der Waals surface area contributed by atoms with E-state index >= 15 is 0 Å². The van der Waals surface area contributed by atoms with E-state index < -0.39 is 0 Å². The average Bonchev–Trinajstić information content (AvgIpc) is 2.71. The molecule has 0 atom stereocenters. The van der Waals surface area contributed by atoms with Crippen molar-refractivity contribution in [1.82, 2.24) is 0 Å². The number of carbonyl (C=O) groups excluding carboxylic acids is 1. The monoisotopic (exact) mass is 271 g/mol. The largest absolute Gasteiger partial charge is 0.370 e. The summed E-state index contributed by atoms with van der Waals surface area (Å²) in [6, 6.07) is 8.76. The number of nitrogens with zero attached hydrogens (tertiary/aromatic N) is 1. The van der Waals surface area contributed by atoms with Crippen molar-refractivity contribution < 1.29 is 4.79 Å². The van der Waals surface area contributed by atoms with Gasteiger partial charge in [-0.15, -0.1) is 0 Å². The number of aldehydes is 1. The molecule has 0 bridgehead atoms. The predicted molar refractivity (Wildman–Crippen MR) is 83.2 cm³/mol. The number of carbonyl (C=O) groups is 1. The molecule has 1 aliphatic carbocycles. The summed E-state index contributed by atoms with van der Waals surface area (Å²) in [4.78, 5) is 14.2. The SMILES string of the molecule is O=CC1(CN2CCCCc3ccccc32)CCCCC1. The van der Waals surface area contributed by atoms with Gasteiger partial charge in [0.15, 0.2) is 0 Å². The zero-order valence-electron chi connectivity index (χ0n) is 12.3. The number of anilines is 1. The van der Waals surface area contributed by atoms with Crippen LogP contribution in [0.5, 0.6) is 0 Å². The molecule has 1 heterocycles. The Hall–Kier alpha value is -1.31. The lowest BCUT2D eigenvalue weighted by atomic mass is 9.74. The molecule has 1 aromatic carbocycles. The number of hydrogen-bond acceptors (Lipinski definition) is 2. The van der Waals surface area contributed by atoms with Gasteiger partial charge in [0.05, 0.1) is 0 Å². The van der Waals surface area contributed by atoms with E-state index in [1.165, 1.54) is 56.1 Å². The van der Waals surface area contributed by atoms with Gasteiger partial charge in [0.25, 0.3) is 0 Å². The van der Waals surface area contributed by atoms with Gasteiger partial charge >= 0.3 is 0 Å². The van der Waals surface area contributed by atoms with Gasteiger partial charge in [-0.2, -0.15) is 0 Å². The van der Waals surface area contributed by atoms with Crippen molar-refractivity contribution in [2.45, 2.75) is 51.4 Å². The van der Waals surface area contributed by atoms with Gasteiger partial charge in [0, 0.05) is 24.2 Å². The van der Waals surface area contributed by atoms with Crippen LogP contribution in [0, 0.1) is 5.41 Å². The lowest BCUT2D eigenvalue weighted by Gasteiger charge is -2.38. The number of benzene rings is 1. The van der Waals surface area contributed by atoms with Crippen LogP contribution in [0.1, 0.15) is 50.5 Å². The Morgan fingerprint density at radius 2 is 1.85 bits per heavy atom. The Morgan fingerprint density at radius 3 is 2.65 bits per heavy atom. The third-order valence-electron chi connectivity index (χ3n) is 5.06. The minimum Gasteiger partial charge on any atom is -0.370 e. The highest BCUT2D eigenvalue weighted by molar-refractivity contribution is 5.63. The molecule has 1 aromatic rings. The molecule has 0 amide bonds. The van der Waals surface area contributed by atoms with E-state index in [1.54, 1.807) is 0 Å². The number of rotatable bonds is 3. The summed E-state index contributed by atoms with van der Waals surface area (Å²) in [7, 11) is 0. The molecule has 1 saturated carbocycles. The first kappa shape index (κ1) is 13.7. The summed E-state index contributed by atoms with van der Waals surface area (Å²) in [6.07, 6.45) is 10.8. The van der Waals surface area contributed by atoms with Crippen LogP contribution >= 0.6 is 0 Å². The van der Waals surface area contributed by atoms with Crippen molar-refractivity contribution in [3.63, 3.8) is 0 Å². The standard InChI is InChI=1S/C18H25NO/c20-15-18(11-5-1-6-12-18)14-19-13-7-4-9-16-8-2-3-10-17(16)19/h2-3,8,10,15H,1,4-7,9,11-14H2. The minimum absolute atomic E-state index is 0.0876. The van der Waals surface area contributed by atoms with E-state index in [1.807, 2.05) is 0 Å². The summed E-state index contributed by atoms with van der Waals surface area (Å²) in [6.45, 7) is 2.03. The van der Waals surface area contributed by atoms with E-state index in [9.17, 15) is 4.79 Å². The highest BCUT2D eigenvalue weighted by Crippen LogP contribution is 2.37. The molecule has 0 unspecified atom stereocenters. The molecule has 0 N–H and O–H groups in total. The molecule has 0 saturated heterocycles. The first-order valence-corrected chi connectivity index (χ1v) is 8.12. The first-order chi connectivity index (χ1) is 9.83. The second kappa shape index (κ2) is 5.99.